The molecule has 0 radical (unpaired) electrons. The predicted octanol–water partition coefficient (Wildman–Crippen LogP) is -8.47. The van der Waals surface area contributed by atoms with Gasteiger partial charge in [-0.2, -0.15) is 0 Å². The second kappa shape index (κ2) is 115. The van der Waals surface area contributed by atoms with Crippen LogP contribution >= 0.6 is 0 Å². The van der Waals surface area contributed by atoms with Crippen molar-refractivity contribution in [1.82, 2.24) is 0 Å². The number of hydrogen-bond donors (Lipinski definition) is 0. The van der Waals surface area contributed by atoms with E-state index in [-0.39, 0.29) is 47.7 Å². The van der Waals surface area contributed by atoms with E-state index in [0.29, 0.717) is 0 Å². The first-order chi connectivity index (χ1) is 0. The van der Waals surface area contributed by atoms with Gasteiger partial charge in [-0.25, -0.2) is 0 Å². The molecule has 0 rings (SSSR count). The van der Waals surface area contributed by atoms with Crippen LogP contribution in [0.2, 0.25) is 0 Å². The summed E-state index contributed by atoms with van der Waals surface area (Å²) in [5, 5.41) is 0. The molecule has 0 aliphatic heterocycles. The van der Waals surface area contributed by atoms with Gasteiger partial charge in [0.1, 0.15) is 0 Å². The van der Waals surface area contributed by atoms with Gasteiger partial charge in [-0.1, -0.05) is 0 Å². The maximum absolute atomic E-state index is 0. The van der Waals surface area contributed by atoms with E-state index in [9.17, 15) is 0 Å². The van der Waals surface area contributed by atoms with Crippen LogP contribution in [0.4, 0.5) is 0 Å². The molecule has 6 N–H and O–H groups in total. The van der Waals surface area contributed by atoms with Crippen molar-refractivity contribution < 1.29 is 47.7 Å². The van der Waals surface area contributed by atoms with Gasteiger partial charge in [0.05, 0.1) is 0 Å². The van der Waals surface area contributed by atoms with Crippen molar-refractivity contribution in [3.05, 3.63) is 0 Å². The Bertz CT molecular complexity index is 6.85. The second-order valence-corrected chi connectivity index (χ2v) is 0. The third-order valence-corrected chi connectivity index (χ3v) is 0. The quantitative estimate of drug-likeness (QED) is 0.268. The SMILES string of the molecule is O.O.O.[Cl-].[Li+]. The van der Waals surface area contributed by atoms with E-state index in [1.807, 2.05) is 0 Å². The molecule has 32 valence electrons. The minimum atomic E-state index is 0. The summed E-state index contributed by atoms with van der Waals surface area (Å²) in [4.78, 5) is 0. The summed E-state index contributed by atoms with van der Waals surface area (Å²) in [5.41, 5.74) is 0. The summed E-state index contributed by atoms with van der Waals surface area (Å²) in [7, 11) is 0. The molecule has 0 saturated heterocycles. The molecule has 5 heavy (non-hydrogen) atoms. The Morgan fingerprint density at radius 2 is 0.600 bits per heavy atom. The maximum atomic E-state index is 0. The van der Waals surface area contributed by atoms with Crippen LogP contribution in [0.3, 0.4) is 0 Å². The van der Waals surface area contributed by atoms with Crippen molar-refractivity contribution in [3.8, 4) is 0 Å². The van der Waals surface area contributed by atoms with Gasteiger partial charge < -0.3 is 28.8 Å². The average molecular weight is 96.4 g/mol. The van der Waals surface area contributed by atoms with Gasteiger partial charge in [0.15, 0.2) is 0 Å². The summed E-state index contributed by atoms with van der Waals surface area (Å²) in [5.74, 6) is 0. The molecule has 0 fully saturated rings. The molecule has 0 amide bonds. The largest absolute Gasteiger partial charge is 1.00 e. The summed E-state index contributed by atoms with van der Waals surface area (Å²) in [6, 6.07) is 0. The maximum Gasteiger partial charge on any atom is 1.00 e. The zero-order chi connectivity index (χ0) is 0. The summed E-state index contributed by atoms with van der Waals surface area (Å²) >= 11 is 0. The van der Waals surface area contributed by atoms with Crippen LogP contribution in [0.5, 0.6) is 0 Å². The molecule has 0 atom stereocenters. The normalized spacial score (nSPS) is 0. The molecule has 5 heteroatoms. The molecule has 0 saturated carbocycles. The number of hydrogen-bond acceptors (Lipinski definition) is 0. The molecule has 0 bridgehead atoms. The van der Waals surface area contributed by atoms with Gasteiger partial charge in [0.2, 0.25) is 0 Å². The first-order valence-corrected chi connectivity index (χ1v) is 0. The standard InChI is InChI=1S/ClH.Li.3H2O/h1H;;3*1H2/q;+1;;;/p-1. The van der Waals surface area contributed by atoms with Gasteiger partial charge in [0.25, 0.3) is 0 Å². The fourth-order valence-corrected chi connectivity index (χ4v) is 0. The molecule has 3 nitrogen and oxygen atoms in total. The predicted molar refractivity (Wildman–Crippen MR) is 10.8 cm³/mol. The van der Waals surface area contributed by atoms with E-state index in [2.05, 4.69) is 0 Å². The van der Waals surface area contributed by atoms with Crippen LogP contribution in [0.15, 0.2) is 0 Å². The zero-order valence-corrected chi connectivity index (χ0v) is 3.63. The summed E-state index contributed by atoms with van der Waals surface area (Å²) in [6.45, 7) is 0. The van der Waals surface area contributed by atoms with Gasteiger partial charge >= 0.3 is 18.9 Å². The van der Waals surface area contributed by atoms with Crippen LogP contribution in [-0.4, -0.2) is 16.4 Å². The minimum Gasteiger partial charge on any atom is -1.00 e. The van der Waals surface area contributed by atoms with Crippen molar-refractivity contribution in [2.24, 2.45) is 0 Å². The number of rotatable bonds is 0. The molecule has 0 unspecified atom stereocenters. The smallest absolute Gasteiger partial charge is 1.00 e. The summed E-state index contributed by atoms with van der Waals surface area (Å²) in [6.07, 6.45) is 0. The van der Waals surface area contributed by atoms with Crippen LogP contribution < -0.4 is 31.3 Å². The molecule has 0 aliphatic carbocycles. The van der Waals surface area contributed by atoms with E-state index in [0.717, 1.165) is 0 Å². The average Bonchev–Trinajstić information content (AvgIpc) is 0. The topological polar surface area (TPSA) is 94.5 Å². The van der Waals surface area contributed by atoms with E-state index in [1.54, 1.807) is 0 Å². The number of halogens is 1. The third kappa shape index (κ3) is 62.0. The monoisotopic (exact) mass is 96.0 g/mol. The Morgan fingerprint density at radius 3 is 0.600 bits per heavy atom. The van der Waals surface area contributed by atoms with Gasteiger partial charge in [-0.3, -0.25) is 0 Å². The fourth-order valence-electron chi connectivity index (χ4n) is 0. The Morgan fingerprint density at radius 1 is 0.600 bits per heavy atom. The first kappa shape index (κ1) is 223. The van der Waals surface area contributed by atoms with E-state index in [1.165, 1.54) is 0 Å². The van der Waals surface area contributed by atoms with Gasteiger partial charge in [-0.05, 0) is 0 Å². The van der Waals surface area contributed by atoms with Crippen LogP contribution in [0, 0.1) is 0 Å². The molecule has 0 aromatic carbocycles. The van der Waals surface area contributed by atoms with E-state index >= 15 is 0 Å². The Labute approximate surface area is 48.3 Å². The van der Waals surface area contributed by atoms with Crippen molar-refractivity contribution in [3.63, 3.8) is 0 Å². The van der Waals surface area contributed by atoms with Crippen molar-refractivity contribution in [1.29, 1.82) is 0 Å². The fraction of sp³-hybridized carbons (Fsp3) is 0. The van der Waals surface area contributed by atoms with E-state index < -0.39 is 0 Å². The molecule has 0 heterocycles. The second-order valence-electron chi connectivity index (χ2n) is 0. The Hall–Kier alpha value is 0.767. The van der Waals surface area contributed by atoms with E-state index in [4.69, 9.17) is 0 Å². The summed E-state index contributed by atoms with van der Waals surface area (Å²) < 4.78 is 0. The van der Waals surface area contributed by atoms with Crippen molar-refractivity contribution in [2.75, 3.05) is 0 Å². The first-order valence-electron chi connectivity index (χ1n) is 0. The molecular weight excluding hydrogens is 90.4 g/mol. The zero-order valence-electron chi connectivity index (χ0n) is 2.88. The van der Waals surface area contributed by atoms with Crippen molar-refractivity contribution >= 4 is 0 Å². The van der Waals surface area contributed by atoms with Gasteiger partial charge in [-0.15, -0.1) is 0 Å². The molecule has 0 spiro atoms. The van der Waals surface area contributed by atoms with Crippen LogP contribution in [0.25, 0.3) is 0 Å². The van der Waals surface area contributed by atoms with Gasteiger partial charge in [0, 0.05) is 0 Å². The Balaban J connectivity index is 0. The Kier molecular flexibility index (Phi) is 5120. The molecule has 0 aromatic heterocycles. The van der Waals surface area contributed by atoms with Crippen molar-refractivity contribution in [2.45, 2.75) is 0 Å². The third-order valence-electron chi connectivity index (χ3n) is 0. The molecule has 0 aliphatic rings. The van der Waals surface area contributed by atoms with Crippen LogP contribution in [0.1, 0.15) is 0 Å². The molecule has 0 aromatic rings. The molecular formula is H6ClLiO3. The minimum absolute atomic E-state index is 0. The van der Waals surface area contributed by atoms with Crippen LogP contribution in [-0.2, 0) is 0 Å².